The minimum absolute atomic E-state index is 0.177. The molecule has 100 valence electrons. The van der Waals surface area contributed by atoms with Crippen molar-refractivity contribution in [2.45, 2.75) is 20.8 Å². The van der Waals surface area contributed by atoms with Crippen LogP contribution >= 0.6 is 15.9 Å². The number of anilines is 1. The van der Waals surface area contributed by atoms with Crippen LogP contribution in [-0.2, 0) is 7.05 Å². The number of benzene rings is 1. The smallest absolute Gasteiger partial charge is 0.258 e. The summed E-state index contributed by atoms with van der Waals surface area (Å²) in [5, 5.41) is 6.87. The number of carbonyl (C=O) groups is 1. The molecule has 0 aliphatic rings. The van der Waals surface area contributed by atoms with Crippen molar-refractivity contribution in [2.24, 2.45) is 7.05 Å². The highest BCUT2D eigenvalue weighted by Crippen LogP contribution is 2.21. The van der Waals surface area contributed by atoms with E-state index in [0.717, 1.165) is 15.6 Å². The van der Waals surface area contributed by atoms with E-state index in [1.165, 1.54) is 0 Å². The van der Waals surface area contributed by atoms with E-state index in [1.54, 1.807) is 18.7 Å². The molecule has 1 N–H and O–H groups in total. The minimum atomic E-state index is -0.177. The molecule has 0 spiro atoms. The van der Waals surface area contributed by atoms with Gasteiger partial charge in [-0.2, -0.15) is 10.1 Å². The predicted octanol–water partition coefficient (Wildman–Crippen LogP) is 2.76. The number of carbonyl (C=O) groups excluding carboxylic acids is 1. The summed E-state index contributed by atoms with van der Waals surface area (Å²) in [6.45, 7) is 5.64. The SMILES string of the molecule is Cc1nc(NC(=O)c2cc(C)c(Br)cc2C)n(C)n1. The lowest BCUT2D eigenvalue weighted by Gasteiger charge is -2.09. The molecule has 0 saturated heterocycles. The number of aromatic nitrogens is 3. The summed E-state index contributed by atoms with van der Waals surface area (Å²) in [6.07, 6.45) is 0. The van der Waals surface area contributed by atoms with Crippen LogP contribution in [0.15, 0.2) is 16.6 Å². The fourth-order valence-electron chi connectivity index (χ4n) is 1.82. The van der Waals surface area contributed by atoms with Gasteiger partial charge in [-0.1, -0.05) is 15.9 Å². The molecule has 2 rings (SSSR count). The van der Waals surface area contributed by atoms with Crippen molar-refractivity contribution in [3.8, 4) is 0 Å². The van der Waals surface area contributed by atoms with Crippen LogP contribution in [0.3, 0.4) is 0 Å². The third kappa shape index (κ3) is 2.84. The maximum Gasteiger partial charge on any atom is 0.258 e. The number of nitrogens with zero attached hydrogens (tertiary/aromatic N) is 3. The van der Waals surface area contributed by atoms with E-state index in [1.807, 2.05) is 26.0 Å². The average molecular weight is 323 g/mol. The summed E-state index contributed by atoms with van der Waals surface area (Å²) in [6, 6.07) is 3.80. The molecule has 0 aliphatic carbocycles. The Morgan fingerprint density at radius 1 is 1.26 bits per heavy atom. The second kappa shape index (κ2) is 5.13. The number of halogens is 1. The molecule has 2 aromatic rings. The Morgan fingerprint density at radius 3 is 2.53 bits per heavy atom. The number of aryl methyl sites for hydroxylation is 4. The average Bonchev–Trinajstić information content (AvgIpc) is 2.62. The van der Waals surface area contributed by atoms with E-state index in [9.17, 15) is 4.79 Å². The molecule has 1 aromatic carbocycles. The van der Waals surface area contributed by atoms with E-state index >= 15 is 0 Å². The first kappa shape index (κ1) is 13.7. The van der Waals surface area contributed by atoms with E-state index in [0.29, 0.717) is 17.3 Å². The van der Waals surface area contributed by atoms with Gasteiger partial charge < -0.3 is 0 Å². The summed E-state index contributed by atoms with van der Waals surface area (Å²) in [4.78, 5) is 16.4. The zero-order valence-electron chi connectivity index (χ0n) is 11.3. The molecule has 0 saturated carbocycles. The van der Waals surface area contributed by atoms with E-state index in [-0.39, 0.29) is 5.91 Å². The van der Waals surface area contributed by atoms with Gasteiger partial charge in [0.05, 0.1) is 0 Å². The summed E-state index contributed by atoms with van der Waals surface area (Å²) < 4.78 is 2.55. The van der Waals surface area contributed by atoms with Gasteiger partial charge in [-0.25, -0.2) is 4.68 Å². The standard InChI is InChI=1S/C13H15BrN4O/c1-7-6-11(14)8(2)5-10(7)12(19)16-13-15-9(3)17-18(13)4/h5-6H,1-4H3,(H,15,16,17,19). The molecular weight excluding hydrogens is 308 g/mol. The fraction of sp³-hybridized carbons (Fsp3) is 0.308. The summed E-state index contributed by atoms with van der Waals surface area (Å²) in [7, 11) is 1.75. The Balaban J connectivity index is 2.30. The molecule has 0 aliphatic heterocycles. The molecule has 19 heavy (non-hydrogen) atoms. The first-order chi connectivity index (χ1) is 8.88. The minimum Gasteiger partial charge on any atom is -0.291 e. The Kier molecular flexibility index (Phi) is 3.71. The highest BCUT2D eigenvalue weighted by atomic mass is 79.9. The molecule has 1 amide bonds. The lowest BCUT2D eigenvalue weighted by Crippen LogP contribution is -2.16. The van der Waals surface area contributed by atoms with Crippen molar-refractivity contribution in [1.82, 2.24) is 14.8 Å². The maximum atomic E-state index is 12.3. The van der Waals surface area contributed by atoms with Crippen LogP contribution in [-0.4, -0.2) is 20.7 Å². The van der Waals surface area contributed by atoms with Gasteiger partial charge in [0.1, 0.15) is 5.82 Å². The molecule has 1 heterocycles. The number of hydrogen-bond acceptors (Lipinski definition) is 3. The van der Waals surface area contributed by atoms with E-state index in [4.69, 9.17) is 0 Å². The zero-order chi connectivity index (χ0) is 14.2. The number of hydrogen-bond donors (Lipinski definition) is 1. The van der Waals surface area contributed by atoms with Gasteiger partial charge in [0.2, 0.25) is 5.95 Å². The fourth-order valence-corrected chi connectivity index (χ4v) is 2.27. The lowest BCUT2D eigenvalue weighted by molar-refractivity contribution is 0.102. The van der Waals surface area contributed by atoms with Gasteiger partial charge in [0.25, 0.3) is 5.91 Å². The molecule has 0 fully saturated rings. The van der Waals surface area contributed by atoms with Gasteiger partial charge in [0, 0.05) is 17.1 Å². The third-order valence-corrected chi connectivity index (χ3v) is 3.70. The Hall–Kier alpha value is -1.69. The predicted molar refractivity (Wildman–Crippen MR) is 77.3 cm³/mol. The van der Waals surface area contributed by atoms with Crippen LogP contribution in [0.25, 0.3) is 0 Å². The summed E-state index contributed by atoms with van der Waals surface area (Å²) in [5.74, 6) is 0.896. The number of nitrogens with one attached hydrogen (secondary N) is 1. The van der Waals surface area contributed by atoms with Crippen LogP contribution in [0.4, 0.5) is 5.95 Å². The highest BCUT2D eigenvalue weighted by molar-refractivity contribution is 9.10. The Bertz CT molecular complexity index is 648. The molecular formula is C13H15BrN4O. The van der Waals surface area contributed by atoms with E-state index < -0.39 is 0 Å². The molecule has 0 unspecified atom stereocenters. The van der Waals surface area contributed by atoms with Crippen molar-refractivity contribution in [1.29, 1.82) is 0 Å². The molecule has 1 aromatic heterocycles. The quantitative estimate of drug-likeness (QED) is 0.924. The molecule has 6 heteroatoms. The van der Waals surface area contributed by atoms with Crippen LogP contribution < -0.4 is 5.32 Å². The number of amides is 1. The van der Waals surface area contributed by atoms with Crippen molar-refractivity contribution in [3.63, 3.8) is 0 Å². The Labute approximate surface area is 120 Å². The molecule has 0 radical (unpaired) electrons. The van der Waals surface area contributed by atoms with Gasteiger partial charge in [-0.15, -0.1) is 0 Å². The maximum absolute atomic E-state index is 12.3. The van der Waals surface area contributed by atoms with Crippen LogP contribution in [0.5, 0.6) is 0 Å². The zero-order valence-corrected chi connectivity index (χ0v) is 12.9. The first-order valence-corrected chi connectivity index (χ1v) is 6.63. The lowest BCUT2D eigenvalue weighted by atomic mass is 10.1. The van der Waals surface area contributed by atoms with Crippen molar-refractivity contribution in [3.05, 3.63) is 39.1 Å². The number of rotatable bonds is 2. The largest absolute Gasteiger partial charge is 0.291 e. The van der Waals surface area contributed by atoms with E-state index in [2.05, 4.69) is 31.3 Å². The van der Waals surface area contributed by atoms with Crippen molar-refractivity contribution >= 4 is 27.8 Å². The molecule has 0 bridgehead atoms. The highest BCUT2D eigenvalue weighted by Gasteiger charge is 2.14. The monoisotopic (exact) mass is 322 g/mol. The Morgan fingerprint density at radius 2 is 1.95 bits per heavy atom. The third-order valence-electron chi connectivity index (χ3n) is 2.84. The van der Waals surface area contributed by atoms with Crippen LogP contribution in [0, 0.1) is 20.8 Å². The second-order valence-electron chi connectivity index (χ2n) is 4.48. The molecule has 5 nitrogen and oxygen atoms in total. The van der Waals surface area contributed by atoms with Gasteiger partial charge in [-0.3, -0.25) is 10.1 Å². The van der Waals surface area contributed by atoms with Crippen LogP contribution in [0.2, 0.25) is 0 Å². The normalized spacial score (nSPS) is 10.6. The van der Waals surface area contributed by atoms with Gasteiger partial charge in [0.15, 0.2) is 0 Å². The van der Waals surface area contributed by atoms with Gasteiger partial charge >= 0.3 is 0 Å². The van der Waals surface area contributed by atoms with Crippen LogP contribution in [0.1, 0.15) is 27.3 Å². The van der Waals surface area contributed by atoms with Crippen molar-refractivity contribution < 1.29 is 4.79 Å². The second-order valence-corrected chi connectivity index (χ2v) is 5.33. The summed E-state index contributed by atoms with van der Waals surface area (Å²) >= 11 is 3.45. The topological polar surface area (TPSA) is 59.8 Å². The summed E-state index contributed by atoms with van der Waals surface area (Å²) in [5.41, 5.74) is 2.57. The van der Waals surface area contributed by atoms with Crippen molar-refractivity contribution in [2.75, 3.05) is 5.32 Å². The first-order valence-electron chi connectivity index (χ1n) is 5.84. The molecule has 0 atom stereocenters. The van der Waals surface area contributed by atoms with Gasteiger partial charge in [-0.05, 0) is 44.0 Å².